The van der Waals surface area contributed by atoms with Gasteiger partial charge in [-0.1, -0.05) is 43.1 Å². The van der Waals surface area contributed by atoms with E-state index < -0.39 is 16.1 Å². The van der Waals surface area contributed by atoms with Crippen molar-refractivity contribution in [3.8, 4) is 11.5 Å². The largest absolute Gasteiger partial charge is 0.454 e. The molecule has 214 valence electrons. The maximum Gasteiger partial charge on any atom is 0.243 e. The van der Waals surface area contributed by atoms with E-state index in [9.17, 15) is 18.0 Å². The molecule has 0 fully saturated rings. The predicted molar refractivity (Wildman–Crippen MR) is 153 cm³/mol. The van der Waals surface area contributed by atoms with E-state index in [1.165, 1.54) is 9.21 Å². The molecule has 2 amide bonds. The van der Waals surface area contributed by atoms with Crippen molar-refractivity contribution in [2.24, 2.45) is 0 Å². The Morgan fingerprint density at radius 3 is 2.38 bits per heavy atom. The third kappa shape index (κ3) is 8.16. The summed E-state index contributed by atoms with van der Waals surface area (Å²) >= 11 is 12.3. The molecule has 39 heavy (non-hydrogen) atoms. The summed E-state index contributed by atoms with van der Waals surface area (Å²) in [6, 6.07) is 9.24. The molecule has 0 aliphatic carbocycles. The zero-order valence-electron chi connectivity index (χ0n) is 22.6. The summed E-state index contributed by atoms with van der Waals surface area (Å²) in [5, 5.41) is 3.71. The third-order valence-electron chi connectivity index (χ3n) is 6.52. The molecule has 0 bridgehead atoms. The number of nitrogens with one attached hydrogen (secondary N) is 1. The highest BCUT2D eigenvalue weighted by atomic mass is 35.5. The molecule has 2 atom stereocenters. The van der Waals surface area contributed by atoms with Gasteiger partial charge in [-0.3, -0.25) is 13.9 Å². The molecule has 0 unspecified atom stereocenters. The fourth-order valence-corrected chi connectivity index (χ4v) is 5.52. The number of anilines is 1. The summed E-state index contributed by atoms with van der Waals surface area (Å²) in [6.45, 7) is 6.02. The van der Waals surface area contributed by atoms with Gasteiger partial charge in [0.25, 0.3) is 0 Å². The maximum atomic E-state index is 13.6. The van der Waals surface area contributed by atoms with Gasteiger partial charge in [0.15, 0.2) is 11.5 Å². The number of rotatable bonds is 13. The molecule has 2 aromatic carbocycles. The average Bonchev–Trinajstić information content (AvgIpc) is 3.35. The second-order valence-electron chi connectivity index (χ2n) is 9.49. The van der Waals surface area contributed by atoms with Crippen molar-refractivity contribution >= 4 is 50.7 Å². The second-order valence-corrected chi connectivity index (χ2v) is 12.2. The Morgan fingerprint density at radius 2 is 1.74 bits per heavy atom. The van der Waals surface area contributed by atoms with Crippen molar-refractivity contribution in [2.75, 3.05) is 23.9 Å². The molecule has 2 aromatic rings. The molecule has 9 nitrogen and oxygen atoms in total. The minimum Gasteiger partial charge on any atom is -0.454 e. The van der Waals surface area contributed by atoms with Gasteiger partial charge in [0.2, 0.25) is 28.6 Å². The Hall–Kier alpha value is -2.69. The number of sulfonamides is 1. The first-order chi connectivity index (χ1) is 18.4. The fourth-order valence-electron chi connectivity index (χ4n) is 4.24. The lowest BCUT2D eigenvalue weighted by molar-refractivity contribution is -0.141. The summed E-state index contributed by atoms with van der Waals surface area (Å²) in [7, 11) is -3.64. The minimum absolute atomic E-state index is 0.0327. The Morgan fingerprint density at radius 1 is 1.03 bits per heavy atom. The van der Waals surface area contributed by atoms with Crippen LogP contribution in [0.1, 0.15) is 52.0 Å². The number of carbonyl (C=O) groups excluding carboxylic acids is 2. The van der Waals surface area contributed by atoms with E-state index in [-0.39, 0.29) is 50.6 Å². The molecule has 0 radical (unpaired) electrons. The molecule has 1 N–H and O–H groups in total. The van der Waals surface area contributed by atoms with E-state index in [4.69, 9.17) is 32.7 Å². The normalized spacial score (nSPS) is 14.0. The van der Waals surface area contributed by atoms with Crippen LogP contribution in [0.15, 0.2) is 36.4 Å². The lowest BCUT2D eigenvalue weighted by Gasteiger charge is -2.32. The molecular formula is C27H35Cl2N3O6S. The summed E-state index contributed by atoms with van der Waals surface area (Å²) in [5.74, 6) is 0.495. The highest BCUT2D eigenvalue weighted by Crippen LogP contribution is 2.36. The van der Waals surface area contributed by atoms with Gasteiger partial charge in [-0.05, 0) is 56.0 Å². The third-order valence-corrected chi connectivity index (χ3v) is 8.45. The van der Waals surface area contributed by atoms with E-state index in [1.54, 1.807) is 36.4 Å². The summed E-state index contributed by atoms with van der Waals surface area (Å²) in [6.07, 6.45) is 2.54. The van der Waals surface area contributed by atoms with Crippen LogP contribution in [-0.2, 0) is 26.2 Å². The van der Waals surface area contributed by atoms with E-state index in [2.05, 4.69) is 5.32 Å². The number of hydrogen-bond acceptors (Lipinski definition) is 6. The molecule has 0 saturated carbocycles. The summed E-state index contributed by atoms with van der Waals surface area (Å²) in [5.41, 5.74) is 1.15. The number of ether oxygens (including phenoxy) is 2. The van der Waals surface area contributed by atoms with Crippen LogP contribution < -0.4 is 19.1 Å². The number of nitrogens with zero attached hydrogens (tertiary/aromatic N) is 2. The van der Waals surface area contributed by atoms with Crippen molar-refractivity contribution in [3.63, 3.8) is 0 Å². The van der Waals surface area contributed by atoms with E-state index in [1.807, 2.05) is 20.8 Å². The highest BCUT2D eigenvalue weighted by Gasteiger charge is 2.30. The van der Waals surface area contributed by atoms with Gasteiger partial charge >= 0.3 is 0 Å². The molecule has 0 aromatic heterocycles. The molecule has 1 aliphatic heterocycles. The van der Waals surface area contributed by atoms with Gasteiger partial charge < -0.3 is 19.7 Å². The van der Waals surface area contributed by atoms with Gasteiger partial charge in [0.05, 0.1) is 22.0 Å². The van der Waals surface area contributed by atoms with E-state index >= 15 is 0 Å². The van der Waals surface area contributed by atoms with E-state index in [0.717, 1.165) is 18.2 Å². The van der Waals surface area contributed by atoms with Crippen LogP contribution >= 0.6 is 23.2 Å². The molecule has 1 aliphatic rings. The van der Waals surface area contributed by atoms with Crippen LogP contribution in [0, 0.1) is 0 Å². The van der Waals surface area contributed by atoms with Crippen molar-refractivity contribution < 1.29 is 27.5 Å². The van der Waals surface area contributed by atoms with Crippen molar-refractivity contribution in [2.45, 2.75) is 65.1 Å². The maximum absolute atomic E-state index is 13.6. The first kappa shape index (κ1) is 30.8. The van der Waals surface area contributed by atoms with Gasteiger partial charge in [-0.15, -0.1) is 0 Å². The number of hydrogen-bond donors (Lipinski definition) is 1. The monoisotopic (exact) mass is 599 g/mol. The van der Waals surface area contributed by atoms with Gasteiger partial charge in [-0.2, -0.15) is 0 Å². The Labute approximate surface area is 240 Å². The van der Waals surface area contributed by atoms with Crippen LogP contribution in [0.2, 0.25) is 10.0 Å². The SMILES string of the molecule is CC[C@H](C(=O)N[C@@H](C)CC)N(Cc1ccc(Cl)c(Cl)c1)C(=O)CCCN(c1ccc2c(c1)OCO2)S(C)(=O)=O. The minimum atomic E-state index is -3.64. The molecule has 0 saturated heterocycles. The predicted octanol–water partition coefficient (Wildman–Crippen LogP) is 4.99. The lowest BCUT2D eigenvalue weighted by Crippen LogP contribution is -2.50. The zero-order chi connectivity index (χ0) is 28.7. The van der Waals surface area contributed by atoms with Gasteiger partial charge in [0.1, 0.15) is 6.04 Å². The topological polar surface area (TPSA) is 105 Å². The number of fused-ring (bicyclic) bond motifs is 1. The summed E-state index contributed by atoms with van der Waals surface area (Å²) in [4.78, 5) is 28.2. The first-order valence-corrected chi connectivity index (χ1v) is 15.5. The van der Waals surface area contributed by atoms with Crippen molar-refractivity contribution in [3.05, 3.63) is 52.0 Å². The number of amides is 2. The van der Waals surface area contributed by atoms with Crippen LogP contribution in [0.5, 0.6) is 11.5 Å². The highest BCUT2D eigenvalue weighted by molar-refractivity contribution is 7.92. The second kappa shape index (κ2) is 13.6. The fraction of sp³-hybridized carbons (Fsp3) is 0.481. The number of halogens is 2. The lowest BCUT2D eigenvalue weighted by atomic mass is 10.1. The van der Waals surface area contributed by atoms with Gasteiger partial charge in [0, 0.05) is 31.6 Å². The molecule has 0 spiro atoms. The molecule has 1 heterocycles. The molecular weight excluding hydrogens is 565 g/mol. The Balaban J connectivity index is 1.78. The quantitative estimate of drug-likeness (QED) is 0.348. The van der Waals surface area contributed by atoms with Crippen molar-refractivity contribution in [1.29, 1.82) is 0 Å². The number of carbonyl (C=O) groups is 2. The van der Waals surface area contributed by atoms with Crippen LogP contribution in [-0.4, -0.2) is 56.8 Å². The standard InChI is InChI=1S/C27H35Cl2N3O6S/c1-5-18(3)30-27(34)23(6-2)31(16-19-9-11-21(28)22(29)14-19)26(33)8-7-13-32(39(4,35)36)20-10-12-24-25(15-20)38-17-37-24/h9-12,14-15,18,23H,5-8,13,16-17H2,1-4H3,(H,30,34)/t18-,23+/m0/s1. The average molecular weight is 601 g/mol. The van der Waals surface area contributed by atoms with E-state index in [0.29, 0.717) is 33.7 Å². The first-order valence-electron chi connectivity index (χ1n) is 12.9. The number of benzene rings is 2. The molecule has 12 heteroatoms. The Bertz CT molecular complexity index is 1290. The van der Waals surface area contributed by atoms with Crippen molar-refractivity contribution in [1.82, 2.24) is 10.2 Å². The summed E-state index contributed by atoms with van der Waals surface area (Å²) < 4.78 is 37.1. The van der Waals surface area contributed by atoms with Crippen LogP contribution in [0.3, 0.4) is 0 Å². The molecule has 3 rings (SSSR count). The Kier molecular flexibility index (Phi) is 10.7. The smallest absolute Gasteiger partial charge is 0.243 e. The van der Waals surface area contributed by atoms with Crippen LogP contribution in [0.4, 0.5) is 5.69 Å². The zero-order valence-corrected chi connectivity index (χ0v) is 24.9. The van der Waals surface area contributed by atoms with Gasteiger partial charge in [-0.25, -0.2) is 8.42 Å². The van der Waals surface area contributed by atoms with Crippen LogP contribution in [0.25, 0.3) is 0 Å².